The molecule has 0 N–H and O–H groups in total. The third-order valence-electron chi connectivity index (χ3n) is 4.17. The second-order valence-corrected chi connectivity index (χ2v) is 6.45. The van der Waals surface area contributed by atoms with Gasteiger partial charge in [0.05, 0.1) is 6.10 Å². The Morgan fingerprint density at radius 2 is 2.22 bits per heavy atom. The fourth-order valence-electron chi connectivity index (χ4n) is 2.80. The standard InChI is InChI=1S/C18H29N3O2/c1-20(2)12-13-21(15-17-9-6-14-23-17)18(22)10-5-8-16-7-3-4-11-19-16/h3-4,7,11,17H,5-6,8-10,12-15H2,1-2H3. The number of nitrogens with zero attached hydrogens (tertiary/aromatic N) is 3. The molecule has 2 rings (SSSR count). The van der Waals surface area contributed by atoms with E-state index in [1.807, 2.05) is 37.2 Å². The van der Waals surface area contributed by atoms with Gasteiger partial charge in [0.2, 0.25) is 5.91 Å². The SMILES string of the molecule is CN(C)CCN(CC1CCCO1)C(=O)CCCc1ccccn1. The molecule has 1 atom stereocenters. The zero-order chi connectivity index (χ0) is 16.5. The number of pyridine rings is 1. The molecule has 1 amide bonds. The predicted molar refractivity (Wildman–Crippen MR) is 91.3 cm³/mol. The lowest BCUT2D eigenvalue weighted by molar-refractivity contribution is -0.133. The third kappa shape index (κ3) is 6.67. The summed E-state index contributed by atoms with van der Waals surface area (Å²) in [5.41, 5.74) is 1.05. The van der Waals surface area contributed by atoms with Crippen molar-refractivity contribution in [3.63, 3.8) is 0 Å². The van der Waals surface area contributed by atoms with Gasteiger partial charge in [-0.1, -0.05) is 6.07 Å². The van der Waals surface area contributed by atoms with Crippen LogP contribution in [0.4, 0.5) is 0 Å². The first-order valence-electron chi connectivity index (χ1n) is 8.59. The van der Waals surface area contributed by atoms with Crippen LogP contribution in [0.15, 0.2) is 24.4 Å². The molecule has 1 aromatic heterocycles. The van der Waals surface area contributed by atoms with Gasteiger partial charge in [0.25, 0.3) is 0 Å². The van der Waals surface area contributed by atoms with Crippen LogP contribution in [0.2, 0.25) is 0 Å². The molecule has 2 heterocycles. The van der Waals surface area contributed by atoms with Gasteiger partial charge < -0.3 is 14.5 Å². The van der Waals surface area contributed by atoms with Crippen molar-refractivity contribution in [2.45, 2.75) is 38.2 Å². The Morgan fingerprint density at radius 1 is 1.35 bits per heavy atom. The van der Waals surface area contributed by atoms with Gasteiger partial charge in [-0.3, -0.25) is 9.78 Å². The highest BCUT2D eigenvalue weighted by Crippen LogP contribution is 2.14. The van der Waals surface area contributed by atoms with Gasteiger partial charge in [0.1, 0.15) is 0 Å². The quantitative estimate of drug-likeness (QED) is 0.698. The lowest BCUT2D eigenvalue weighted by Gasteiger charge is -2.27. The van der Waals surface area contributed by atoms with Gasteiger partial charge in [0, 0.05) is 44.6 Å². The Bertz CT molecular complexity index is 459. The summed E-state index contributed by atoms with van der Waals surface area (Å²) in [6, 6.07) is 5.92. The van der Waals surface area contributed by atoms with Crippen LogP contribution in [-0.4, -0.2) is 67.1 Å². The highest BCUT2D eigenvalue weighted by molar-refractivity contribution is 5.76. The number of likely N-dealkylation sites (N-methyl/N-ethyl adjacent to an activating group) is 1. The number of carbonyl (C=O) groups excluding carboxylic acids is 1. The molecule has 0 radical (unpaired) electrons. The maximum Gasteiger partial charge on any atom is 0.222 e. The van der Waals surface area contributed by atoms with E-state index in [9.17, 15) is 4.79 Å². The molecule has 0 saturated carbocycles. The highest BCUT2D eigenvalue weighted by atomic mass is 16.5. The maximum atomic E-state index is 12.6. The molecule has 5 heteroatoms. The smallest absolute Gasteiger partial charge is 0.222 e. The number of amides is 1. The van der Waals surface area contributed by atoms with Gasteiger partial charge in [-0.2, -0.15) is 0 Å². The average Bonchev–Trinajstić information content (AvgIpc) is 3.05. The first kappa shape index (κ1) is 17.9. The molecule has 1 aliphatic heterocycles. The van der Waals surface area contributed by atoms with Crippen LogP contribution in [0.25, 0.3) is 0 Å². The van der Waals surface area contributed by atoms with Gasteiger partial charge >= 0.3 is 0 Å². The molecule has 1 saturated heterocycles. The van der Waals surface area contributed by atoms with E-state index in [0.29, 0.717) is 6.42 Å². The van der Waals surface area contributed by atoms with E-state index in [-0.39, 0.29) is 12.0 Å². The Balaban J connectivity index is 1.79. The number of hydrogen-bond donors (Lipinski definition) is 0. The Labute approximate surface area is 139 Å². The van der Waals surface area contributed by atoms with Crippen molar-refractivity contribution in [2.75, 3.05) is 40.3 Å². The largest absolute Gasteiger partial charge is 0.376 e. The van der Waals surface area contributed by atoms with Crippen LogP contribution in [0.3, 0.4) is 0 Å². The van der Waals surface area contributed by atoms with Crippen LogP contribution in [0.5, 0.6) is 0 Å². The molecular formula is C18H29N3O2. The second-order valence-electron chi connectivity index (χ2n) is 6.45. The number of carbonyl (C=O) groups is 1. The molecule has 128 valence electrons. The van der Waals surface area contributed by atoms with Gasteiger partial charge in [0.15, 0.2) is 0 Å². The molecule has 0 aromatic carbocycles. The van der Waals surface area contributed by atoms with Gasteiger partial charge in [-0.05, 0) is 51.9 Å². The molecular weight excluding hydrogens is 290 g/mol. The minimum Gasteiger partial charge on any atom is -0.376 e. The number of hydrogen-bond acceptors (Lipinski definition) is 4. The molecule has 0 aliphatic carbocycles. The molecule has 1 unspecified atom stereocenters. The second kappa shape index (κ2) is 9.63. The highest BCUT2D eigenvalue weighted by Gasteiger charge is 2.22. The summed E-state index contributed by atoms with van der Waals surface area (Å²) in [7, 11) is 4.07. The maximum absolute atomic E-state index is 12.6. The van der Waals surface area contributed by atoms with Crippen molar-refractivity contribution in [1.29, 1.82) is 0 Å². The van der Waals surface area contributed by atoms with E-state index in [4.69, 9.17) is 4.74 Å². The van der Waals surface area contributed by atoms with Crippen LogP contribution in [-0.2, 0) is 16.0 Å². The van der Waals surface area contributed by atoms with Gasteiger partial charge in [-0.25, -0.2) is 0 Å². The van der Waals surface area contributed by atoms with Crippen molar-refractivity contribution >= 4 is 5.91 Å². The first-order chi connectivity index (χ1) is 11.1. The molecule has 23 heavy (non-hydrogen) atoms. The van der Waals surface area contributed by atoms with Crippen LogP contribution < -0.4 is 0 Å². The number of rotatable bonds is 9. The van der Waals surface area contributed by atoms with Crippen molar-refractivity contribution in [3.05, 3.63) is 30.1 Å². The topological polar surface area (TPSA) is 45.7 Å². The zero-order valence-electron chi connectivity index (χ0n) is 14.4. The van der Waals surface area contributed by atoms with Crippen LogP contribution >= 0.6 is 0 Å². The minimum atomic E-state index is 0.219. The predicted octanol–water partition coefficient (Wildman–Crippen LogP) is 1.97. The van der Waals surface area contributed by atoms with E-state index in [2.05, 4.69) is 9.88 Å². The van der Waals surface area contributed by atoms with Crippen molar-refractivity contribution in [3.8, 4) is 0 Å². The van der Waals surface area contributed by atoms with E-state index in [1.54, 1.807) is 6.20 Å². The van der Waals surface area contributed by atoms with Crippen molar-refractivity contribution < 1.29 is 9.53 Å². The van der Waals surface area contributed by atoms with Crippen molar-refractivity contribution in [2.24, 2.45) is 0 Å². The fourth-order valence-corrected chi connectivity index (χ4v) is 2.80. The molecule has 1 fully saturated rings. The Hall–Kier alpha value is -1.46. The fraction of sp³-hybridized carbons (Fsp3) is 0.667. The summed E-state index contributed by atoms with van der Waals surface area (Å²) < 4.78 is 5.70. The number of aromatic nitrogens is 1. The molecule has 5 nitrogen and oxygen atoms in total. The lowest BCUT2D eigenvalue weighted by atomic mass is 10.1. The van der Waals surface area contributed by atoms with Gasteiger partial charge in [-0.15, -0.1) is 0 Å². The number of aryl methyl sites for hydroxylation is 1. The summed E-state index contributed by atoms with van der Waals surface area (Å²) in [6.07, 6.45) is 6.49. The summed E-state index contributed by atoms with van der Waals surface area (Å²) >= 11 is 0. The van der Waals surface area contributed by atoms with E-state index in [0.717, 1.165) is 57.6 Å². The first-order valence-corrected chi connectivity index (χ1v) is 8.59. The lowest BCUT2D eigenvalue weighted by Crippen LogP contribution is -2.41. The summed E-state index contributed by atoms with van der Waals surface area (Å²) in [5.74, 6) is 0.235. The summed E-state index contributed by atoms with van der Waals surface area (Å²) in [4.78, 5) is 21.0. The van der Waals surface area contributed by atoms with Crippen molar-refractivity contribution in [1.82, 2.24) is 14.8 Å². The monoisotopic (exact) mass is 319 g/mol. The zero-order valence-corrected chi connectivity index (χ0v) is 14.4. The molecule has 1 aromatic rings. The number of ether oxygens (including phenoxy) is 1. The molecule has 0 spiro atoms. The Morgan fingerprint density at radius 3 is 2.87 bits per heavy atom. The average molecular weight is 319 g/mol. The third-order valence-corrected chi connectivity index (χ3v) is 4.17. The Kier molecular flexibility index (Phi) is 7.49. The molecule has 1 aliphatic rings. The van der Waals surface area contributed by atoms with E-state index < -0.39 is 0 Å². The van der Waals surface area contributed by atoms with Crippen LogP contribution in [0, 0.1) is 0 Å². The summed E-state index contributed by atoms with van der Waals surface area (Å²) in [5, 5.41) is 0. The summed E-state index contributed by atoms with van der Waals surface area (Å²) in [6.45, 7) is 3.23. The van der Waals surface area contributed by atoms with E-state index in [1.165, 1.54) is 0 Å². The molecule has 0 bridgehead atoms. The normalized spacial score (nSPS) is 17.6. The van der Waals surface area contributed by atoms with E-state index >= 15 is 0 Å². The van der Waals surface area contributed by atoms with Crippen LogP contribution in [0.1, 0.15) is 31.4 Å². The minimum absolute atomic E-state index is 0.219.